The molecule has 2 heterocycles. The van der Waals surface area contributed by atoms with Gasteiger partial charge in [0.1, 0.15) is 0 Å². The lowest BCUT2D eigenvalue weighted by molar-refractivity contribution is -0.153. The SMILES string of the molecule is CCC1(C(=O)O)CCCN(Cc2nnc(C(C)(C)C)o2)C1. The van der Waals surface area contributed by atoms with Crippen molar-refractivity contribution in [2.45, 2.75) is 58.9 Å². The molecule has 0 saturated carbocycles. The highest BCUT2D eigenvalue weighted by Crippen LogP contribution is 2.34. The Kier molecular flexibility index (Phi) is 4.37. The molecule has 2 rings (SSSR count). The van der Waals surface area contributed by atoms with Gasteiger partial charge in [-0.1, -0.05) is 27.7 Å². The van der Waals surface area contributed by atoms with E-state index in [0.717, 1.165) is 19.4 Å². The predicted molar refractivity (Wildman–Crippen MR) is 77.9 cm³/mol. The van der Waals surface area contributed by atoms with Crippen LogP contribution in [0.5, 0.6) is 0 Å². The average Bonchev–Trinajstić information content (AvgIpc) is 2.87. The number of nitrogens with zero attached hydrogens (tertiary/aromatic N) is 3. The zero-order valence-electron chi connectivity index (χ0n) is 13.3. The molecule has 0 aromatic carbocycles. The summed E-state index contributed by atoms with van der Waals surface area (Å²) in [6, 6.07) is 0. The summed E-state index contributed by atoms with van der Waals surface area (Å²) >= 11 is 0. The molecule has 1 unspecified atom stereocenters. The van der Waals surface area contributed by atoms with Gasteiger partial charge in [-0.15, -0.1) is 10.2 Å². The van der Waals surface area contributed by atoms with E-state index in [1.807, 2.05) is 27.7 Å². The van der Waals surface area contributed by atoms with Crippen molar-refractivity contribution >= 4 is 5.97 Å². The maximum atomic E-state index is 11.6. The first-order chi connectivity index (χ1) is 9.77. The lowest BCUT2D eigenvalue weighted by Crippen LogP contribution is -2.47. The first-order valence-corrected chi connectivity index (χ1v) is 7.55. The Morgan fingerprint density at radius 3 is 2.67 bits per heavy atom. The third-order valence-corrected chi connectivity index (χ3v) is 4.25. The molecule has 118 valence electrons. The van der Waals surface area contributed by atoms with Gasteiger partial charge in [0, 0.05) is 12.0 Å². The predicted octanol–water partition coefficient (Wildman–Crippen LogP) is 2.44. The molecule has 0 radical (unpaired) electrons. The van der Waals surface area contributed by atoms with Gasteiger partial charge in [-0.25, -0.2) is 0 Å². The van der Waals surface area contributed by atoms with Crippen molar-refractivity contribution in [2.75, 3.05) is 13.1 Å². The highest BCUT2D eigenvalue weighted by molar-refractivity contribution is 5.75. The fraction of sp³-hybridized carbons (Fsp3) is 0.800. The number of piperidine rings is 1. The molecule has 1 atom stereocenters. The number of hydrogen-bond acceptors (Lipinski definition) is 5. The molecular weight excluding hydrogens is 270 g/mol. The summed E-state index contributed by atoms with van der Waals surface area (Å²) in [5.41, 5.74) is -0.799. The van der Waals surface area contributed by atoms with Crippen LogP contribution in [0.1, 0.15) is 58.7 Å². The maximum Gasteiger partial charge on any atom is 0.310 e. The van der Waals surface area contributed by atoms with E-state index in [2.05, 4.69) is 15.1 Å². The summed E-state index contributed by atoms with van der Waals surface area (Å²) in [5.74, 6) is 0.488. The van der Waals surface area contributed by atoms with Crippen molar-refractivity contribution in [2.24, 2.45) is 5.41 Å². The summed E-state index contributed by atoms with van der Waals surface area (Å²) in [7, 11) is 0. The Labute approximate surface area is 125 Å². The van der Waals surface area contributed by atoms with Gasteiger partial charge in [0.15, 0.2) is 0 Å². The number of likely N-dealkylation sites (tertiary alicyclic amines) is 1. The topological polar surface area (TPSA) is 79.5 Å². The number of aromatic nitrogens is 2. The van der Waals surface area contributed by atoms with E-state index in [-0.39, 0.29) is 5.41 Å². The quantitative estimate of drug-likeness (QED) is 0.919. The van der Waals surface area contributed by atoms with Crippen LogP contribution in [-0.2, 0) is 16.8 Å². The van der Waals surface area contributed by atoms with Crippen LogP contribution in [0.25, 0.3) is 0 Å². The Balaban J connectivity index is 2.06. The molecule has 1 aromatic heterocycles. The van der Waals surface area contributed by atoms with Gasteiger partial charge in [-0.2, -0.15) is 0 Å². The maximum absolute atomic E-state index is 11.6. The minimum atomic E-state index is -0.699. The minimum Gasteiger partial charge on any atom is -0.481 e. The van der Waals surface area contributed by atoms with Gasteiger partial charge in [0.2, 0.25) is 11.8 Å². The van der Waals surface area contributed by atoms with Crippen LogP contribution >= 0.6 is 0 Å². The number of aliphatic carboxylic acids is 1. The van der Waals surface area contributed by atoms with Crippen molar-refractivity contribution in [1.82, 2.24) is 15.1 Å². The summed E-state index contributed by atoms with van der Waals surface area (Å²) in [4.78, 5) is 13.7. The Morgan fingerprint density at radius 2 is 2.14 bits per heavy atom. The van der Waals surface area contributed by atoms with E-state index in [1.54, 1.807) is 0 Å². The molecule has 0 spiro atoms. The van der Waals surface area contributed by atoms with Crippen molar-refractivity contribution < 1.29 is 14.3 Å². The van der Waals surface area contributed by atoms with E-state index < -0.39 is 11.4 Å². The molecule has 1 N–H and O–H groups in total. The molecular formula is C15H25N3O3. The third-order valence-electron chi connectivity index (χ3n) is 4.25. The van der Waals surface area contributed by atoms with Gasteiger partial charge < -0.3 is 9.52 Å². The summed E-state index contributed by atoms with van der Waals surface area (Å²) in [5, 5.41) is 17.7. The van der Waals surface area contributed by atoms with E-state index in [1.165, 1.54) is 0 Å². The van der Waals surface area contributed by atoms with Crippen LogP contribution in [-0.4, -0.2) is 39.3 Å². The van der Waals surface area contributed by atoms with Gasteiger partial charge in [-0.05, 0) is 25.8 Å². The van der Waals surface area contributed by atoms with Crippen LogP contribution in [0.2, 0.25) is 0 Å². The molecule has 0 aliphatic carbocycles. The molecule has 1 fully saturated rings. The van der Waals surface area contributed by atoms with Crippen LogP contribution in [0.3, 0.4) is 0 Å². The van der Waals surface area contributed by atoms with Gasteiger partial charge >= 0.3 is 5.97 Å². The molecule has 1 aliphatic heterocycles. The van der Waals surface area contributed by atoms with Crippen molar-refractivity contribution in [3.63, 3.8) is 0 Å². The fourth-order valence-corrected chi connectivity index (χ4v) is 2.79. The Bertz CT molecular complexity index is 507. The molecule has 21 heavy (non-hydrogen) atoms. The van der Waals surface area contributed by atoms with Crippen molar-refractivity contribution in [3.8, 4) is 0 Å². The average molecular weight is 295 g/mol. The summed E-state index contributed by atoms with van der Waals surface area (Å²) < 4.78 is 5.70. The number of rotatable bonds is 4. The first kappa shape index (κ1) is 15.9. The second-order valence-corrected chi connectivity index (χ2v) is 7.00. The molecule has 0 amide bonds. The molecule has 6 heteroatoms. The van der Waals surface area contributed by atoms with E-state index >= 15 is 0 Å². The van der Waals surface area contributed by atoms with Gasteiger partial charge in [0.25, 0.3) is 0 Å². The van der Waals surface area contributed by atoms with Gasteiger partial charge in [-0.3, -0.25) is 9.69 Å². The standard InChI is InChI=1S/C15H25N3O3/c1-5-15(13(19)20)7-6-8-18(10-15)9-11-16-17-12(21-11)14(2,3)4/h5-10H2,1-4H3,(H,19,20). The largest absolute Gasteiger partial charge is 0.481 e. The number of carbonyl (C=O) groups is 1. The van der Waals surface area contributed by atoms with E-state index in [0.29, 0.717) is 31.3 Å². The van der Waals surface area contributed by atoms with Crippen LogP contribution in [0.15, 0.2) is 4.42 Å². The van der Waals surface area contributed by atoms with E-state index in [9.17, 15) is 9.90 Å². The minimum absolute atomic E-state index is 0.165. The number of carboxylic acid groups (broad SMARTS) is 1. The molecule has 1 aliphatic rings. The smallest absolute Gasteiger partial charge is 0.310 e. The normalized spacial score (nSPS) is 24.2. The summed E-state index contributed by atoms with van der Waals surface area (Å²) in [6.07, 6.45) is 2.28. The van der Waals surface area contributed by atoms with Crippen molar-refractivity contribution in [3.05, 3.63) is 11.8 Å². The zero-order valence-corrected chi connectivity index (χ0v) is 13.3. The second kappa shape index (κ2) is 5.75. The van der Waals surface area contributed by atoms with E-state index in [4.69, 9.17) is 4.42 Å². The Morgan fingerprint density at radius 1 is 1.43 bits per heavy atom. The lowest BCUT2D eigenvalue weighted by Gasteiger charge is -2.38. The van der Waals surface area contributed by atoms with Crippen LogP contribution in [0, 0.1) is 5.41 Å². The Hall–Kier alpha value is -1.43. The first-order valence-electron chi connectivity index (χ1n) is 7.55. The molecule has 0 bridgehead atoms. The molecule has 1 aromatic rings. The lowest BCUT2D eigenvalue weighted by atomic mass is 9.77. The zero-order chi connectivity index (χ0) is 15.7. The monoisotopic (exact) mass is 295 g/mol. The highest BCUT2D eigenvalue weighted by atomic mass is 16.4. The third kappa shape index (κ3) is 3.43. The van der Waals surface area contributed by atoms with Crippen molar-refractivity contribution in [1.29, 1.82) is 0 Å². The van der Waals surface area contributed by atoms with Crippen LogP contribution < -0.4 is 0 Å². The summed E-state index contributed by atoms with van der Waals surface area (Å²) in [6.45, 7) is 9.97. The van der Waals surface area contributed by atoms with Gasteiger partial charge in [0.05, 0.1) is 12.0 Å². The second-order valence-electron chi connectivity index (χ2n) is 7.00. The van der Waals surface area contributed by atoms with Crippen LogP contribution in [0.4, 0.5) is 0 Å². The number of hydrogen-bond donors (Lipinski definition) is 1. The number of carboxylic acids is 1. The fourth-order valence-electron chi connectivity index (χ4n) is 2.79. The highest BCUT2D eigenvalue weighted by Gasteiger charge is 2.41. The molecule has 6 nitrogen and oxygen atoms in total. The molecule has 1 saturated heterocycles.